The van der Waals surface area contributed by atoms with Crippen LogP contribution in [-0.2, 0) is 16.7 Å². The van der Waals surface area contributed by atoms with Gasteiger partial charge in [-0.1, -0.05) is 102 Å². The first kappa shape index (κ1) is 29.6. The molecule has 6 rings (SSSR count). The zero-order chi connectivity index (χ0) is 30.5. The molecule has 1 aliphatic heterocycles. The van der Waals surface area contributed by atoms with Gasteiger partial charge in [0.2, 0.25) is 11.4 Å². The summed E-state index contributed by atoms with van der Waals surface area (Å²) in [6.07, 6.45) is 10.0. The Balaban J connectivity index is 1.23. The van der Waals surface area contributed by atoms with Crippen molar-refractivity contribution in [3.63, 3.8) is 0 Å². The monoisotopic (exact) mass is 620 g/mol. The molecule has 0 aliphatic carbocycles. The summed E-state index contributed by atoms with van der Waals surface area (Å²) in [7, 11) is -4.31. The zero-order valence-corrected chi connectivity index (χ0v) is 25.9. The van der Waals surface area contributed by atoms with Gasteiger partial charge < -0.3 is 14.2 Å². The third kappa shape index (κ3) is 6.68. The number of benzene rings is 4. The number of hydrogen-bond donors (Lipinski definition) is 0. The maximum Gasteiger partial charge on any atom is 0.262 e. The molecule has 222 valence electrons. The van der Waals surface area contributed by atoms with Crippen LogP contribution < -0.4 is 14.2 Å². The maximum atomic E-state index is 11.3. The Labute approximate surface area is 262 Å². The number of allylic oxidation sites excluding steroid dienone is 4. The quantitative estimate of drug-likeness (QED) is 0.0906. The van der Waals surface area contributed by atoms with E-state index in [1.54, 1.807) is 11.3 Å². The van der Waals surface area contributed by atoms with Gasteiger partial charge in [-0.25, -0.2) is 8.42 Å². The molecule has 0 amide bonds. The van der Waals surface area contributed by atoms with E-state index in [0.29, 0.717) is 18.2 Å². The molecule has 1 aromatic heterocycles. The average molecular weight is 621 g/mol. The van der Waals surface area contributed by atoms with Gasteiger partial charge in [0.25, 0.3) is 5.01 Å². The summed E-state index contributed by atoms with van der Waals surface area (Å²) in [5.41, 5.74) is 6.55. The number of anilines is 1. The SMILES string of the molecule is CC[n+]1c(C=CC=CC=C2Oc3ccc(-c4ccccc4)cc3N2CCCS(=O)(=O)[O-])sc2ccc(-c3ccccc3)cc21. The van der Waals surface area contributed by atoms with Crippen LogP contribution in [-0.4, -0.2) is 25.3 Å². The van der Waals surface area contributed by atoms with Gasteiger partial charge in [-0.2, -0.15) is 4.57 Å². The predicted octanol–water partition coefficient (Wildman–Crippen LogP) is 7.79. The molecule has 0 spiro atoms. The lowest BCUT2D eigenvalue weighted by atomic mass is 10.0. The van der Waals surface area contributed by atoms with Crippen molar-refractivity contribution in [3.05, 3.63) is 132 Å². The number of hydrogen-bond acceptors (Lipinski definition) is 6. The first-order chi connectivity index (χ1) is 21.4. The van der Waals surface area contributed by atoms with Gasteiger partial charge in [0.1, 0.15) is 11.2 Å². The highest BCUT2D eigenvalue weighted by Crippen LogP contribution is 2.41. The summed E-state index contributed by atoms with van der Waals surface area (Å²) in [4.78, 5) is 1.93. The van der Waals surface area contributed by atoms with E-state index in [1.807, 2.05) is 83.8 Å². The summed E-state index contributed by atoms with van der Waals surface area (Å²) < 4.78 is 43.6. The summed E-state index contributed by atoms with van der Waals surface area (Å²) in [6.45, 7) is 3.35. The molecule has 0 fully saturated rings. The van der Waals surface area contributed by atoms with Crippen molar-refractivity contribution in [1.82, 2.24) is 0 Å². The highest BCUT2D eigenvalue weighted by atomic mass is 32.2. The minimum absolute atomic E-state index is 0.195. The smallest absolute Gasteiger partial charge is 0.262 e. The van der Waals surface area contributed by atoms with Crippen LogP contribution in [0.4, 0.5) is 5.69 Å². The van der Waals surface area contributed by atoms with Gasteiger partial charge in [0.05, 0.1) is 15.8 Å². The van der Waals surface area contributed by atoms with Crippen molar-refractivity contribution >= 4 is 43.4 Å². The number of fused-ring (bicyclic) bond motifs is 2. The van der Waals surface area contributed by atoms with Gasteiger partial charge >= 0.3 is 0 Å². The first-order valence-corrected chi connectivity index (χ1v) is 16.9. The summed E-state index contributed by atoms with van der Waals surface area (Å²) in [6, 6.07) is 33.0. The third-order valence-electron chi connectivity index (χ3n) is 7.47. The van der Waals surface area contributed by atoms with Gasteiger partial charge in [0, 0.05) is 24.4 Å². The largest absolute Gasteiger partial charge is 0.748 e. The number of aromatic nitrogens is 1. The Morgan fingerprint density at radius 3 is 2.20 bits per heavy atom. The van der Waals surface area contributed by atoms with Crippen molar-refractivity contribution in [1.29, 1.82) is 0 Å². The van der Waals surface area contributed by atoms with Crippen LogP contribution in [0.25, 0.3) is 38.5 Å². The molecule has 0 unspecified atom stereocenters. The van der Waals surface area contributed by atoms with Crippen LogP contribution in [0.3, 0.4) is 0 Å². The fourth-order valence-corrected chi connectivity index (χ4v) is 6.97. The van der Waals surface area contributed by atoms with Crippen molar-refractivity contribution < 1.29 is 22.3 Å². The first-order valence-electron chi connectivity index (χ1n) is 14.5. The third-order valence-corrected chi connectivity index (χ3v) is 9.39. The van der Waals surface area contributed by atoms with Crippen molar-refractivity contribution in [2.45, 2.75) is 19.9 Å². The van der Waals surface area contributed by atoms with Crippen molar-refractivity contribution in [2.24, 2.45) is 0 Å². The highest BCUT2D eigenvalue weighted by molar-refractivity contribution is 7.85. The summed E-state index contributed by atoms with van der Waals surface area (Å²) in [5, 5.41) is 1.16. The second-order valence-corrected chi connectivity index (χ2v) is 13.0. The topological polar surface area (TPSA) is 73.5 Å². The lowest BCUT2D eigenvalue weighted by Gasteiger charge is -2.19. The van der Waals surface area contributed by atoms with E-state index < -0.39 is 15.9 Å². The minimum atomic E-state index is -4.31. The van der Waals surface area contributed by atoms with E-state index in [9.17, 15) is 13.0 Å². The molecule has 0 bridgehead atoms. The van der Waals surface area contributed by atoms with E-state index in [2.05, 4.69) is 60.0 Å². The fourth-order valence-electron chi connectivity index (χ4n) is 5.37. The van der Waals surface area contributed by atoms with Crippen LogP contribution in [0, 0.1) is 0 Å². The van der Waals surface area contributed by atoms with Crippen molar-refractivity contribution in [3.8, 4) is 28.0 Å². The normalized spacial score (nSPS) is 14.2. The Morgan fingerprint density at radius 2 is 1.52 bits per heavy atom. The molecule has 44 heavy (non-hydrogen) atoms. The average Bonchev–Trinajstić information content (AvgIpc) is 3.57. The maximum absolute atomic E-state index is 11.3. The van der Waals surface area contributed by atoms with Crippen LogP contribution in [0.2, 0.25) is 0 Å². The lowest BCUT2D eigenvalue weighted by Crippen LogP contribution is -2.33. The lowest BCUT2D eigenvalue weighted by molar-refractivity contribution is -0.665. The molecule has 0 saturated carbocycles. The summed E-state index contributed by atoms with van der Waals surface area (Å²) >= 11 is 1.76. The number of rotatable bonds is 10. The Kier molecular flexibility index (Phi) is 8.74. The van der Waals surface area contributed by atoms with Crippen LogP contribution in [0.5, 0.6) is 5.75 Å². The molecule has 2 heterocycles. The molecule has 0 N–H and O–H groups in total. The van der Waals surface area contributed by atoms with E-state index in [4.69, 9.17) is 4.74 Å². The van der Waals surface area contributed by atoms with Crippen molar-refractivity contribution in [2.75, 3.05) is 17.2 Å². The number of thiazole rings is 1. The number of nitrogens with zero attached hydrogens (tertiary/aromatic N) is 2. The standard InChI is InChI=1S/C36H32N2O4S2/c1-2-37-32-26-30(28-15-8-4-9-16-28)20-22-34(32)43-36(37)18-11-5-10-17-35-38(23-12-24-44(39,40)41)31-25-29(19-21-33(31)42-35)27-13-6-3-7-14-27/h3-11,13-22,25-26H,2,12,23-24H2,1H3. The van der Waals surface area contributed by atoms with Gasteiger partial charge in [-0.05, 0) is 59.9 Å². The van der Waals surface area contributed by atoms with E-state index in [1.165, 1.54) is 21.3 Å². The van der Waals surface area contributed by atoms with Crippen LogP contribution in [0.1, 0.15) is 18.4 Å². The number of aryl methyl sites for hydroxylation is 1. The van der Waals surface area contributed by atoms with E-state index in [0.717, 1.165) is 28.4 Å². The number of ether oxygens (including phenoxy) is 1. The molecular weight excluding hydrogens is 589 g/mol. The van der Waals surface area contributed by atoms with Gasteiger partial charge in [-0.15, -0.1) is 0 Å². The minimum Gasteiger partial charge on any atom is -0.748 e. The summed E-state index contributed by atoms with van der Waals surface area (Å²) in [5.74, 6) is 0.841. The molecule has 4 aromatic carbocycles. The van der Waals surface area contributed by atoms with Gasteiger partial charge in [-0.3, -0.25) is 0 Å². The Bertz CT molecular complexity index is 1980. The molecule has 1 aliphatic rings. The molecule has 5 aromatic rings. The fraction of sp³-hybridized carbons (Fsp3) is 0.139. The molecule has 8 heteroatoms. The predicted molar refractivity (Wildman–Crippen MR) is 178 cm³/mol. The Hall–Kier alpha value is -4.50. The Morgan fingerprint density at radius 1 is 0.841 bits per heavy atom. The van der Waals surface area contributed by atoms with E-state index >= 15 is 0 Å². The van der Waals surface area contributed by atoms with Crippen LogP contribution >= 0.6 is 11.3 Å². The zero-order valence-electron chi connectivity index (χ0n) is 24.3. The van der Waals surface area contributed by atoms with Crippen LogP contribution in [0.15, 0.2) is 127 Å². The molecule has 6 nitrogen and oxygen atoms in total. The molecule has 0 atom stereocenters. The van der Waals surface area contributed by atoms with E-state index in [-0.39, 0.29) is 6.42 Å². The molecular formula is C36H32N2O4S2. The second kappa shape index (κ2) is 13.0. The molecule has 0 radical (unpaired) electrons. The highest BCUT2D eigenvalue weighted by Gasteiger charge is 2.26. The van der Waals surface area contributed by atoms with Gasteiger partial charge in [0.15, 0.2) is 5.75 Å². The molecule has 0 saturated heterocycles. The second-order valence-electron chi connectivity index (χ2n) is 10.4.